The zero-order valence-electron chi connectivity index (χ0n) is 17.8. The second kappa shape index (κ2) is 9.60. The number of esters is 1. The van der Waals surface area contributed by atoms with Crippen molar-refractivity contribution in [2.24, 2.45) is 0 Å². The molecule has 4 rings (SSSR count). The summed E-state index contributed by atoms with van der Waals surface area (Å²) in [6.07, 6.45) is 0.640. The number of benzene rings is 4. The predicted octanol–water partition coefficient (Wildman–Crippen LogP) is 4.84. The lowest BCUT2D eigenvalue weighted by Crippen LogP contribution is -2.32. The van der Waals surface area contributed by atoms with Crippen LogP contribution in [0.2, 0.25) is 0 Å². The Morgan fingerprint density at radius 2 is 1.25 bits per heavy atom. The van der Waals surface area contributed by atoms with Crippen LogP contribution in [0.4, 0.5) is 0 Å². The molecule has 0 saturated heterocycles. The Hall–Kier alpha value is -3.73. The third kappa shape index (κ3) is 4.06. The van der Waals surface area contributed by atoms with Gasteiger partial charge in [-0.3, -0.25) is 0 Å². The van der Waals surface area contributed by atoms with Crippen LogP contribution in [-0.2, 0) is 10.9 Å². The molecule has 0 heterocycles. The first-order valence-corrected chi connectivity index (χ1v) is 12.3. The fourth-order valence-corrected chi connectivity index (χ4v) is 8.38. The van der Waals surface area contributed by atoms with Gasteiger partial charge in [0, 0.05) is 5.56 Å². The summed E-state index contributed by atoms with van der Waals surface area (Å²) in [6, 6.07) is 39.0. The average molecular weight is 436 g/mol. The van der Waals surface area contributed by atoms with Crippen LogP contribution < -0.4 is 15.9 Å². The summed E-state index contributed by atoms with van der Waals surface area (Å²) >= 11 is 0. The molecule has 0 aliphatic carbocycles. The standard InChI is InChI=1S/C28H23NO2P/c1-31-28(30)27-19-22(20-29)17-18-23(27)21-32(24-11-5-2-6-12-24,25-13-7-3-8-14-25)26-15-9-4-10-16-26/h2-19H,21H2,1H3/q+1. The third-order valence-corrected chi connectivity index (χ3v) is 10.00. The van der Waals surface area contributed by atoms with Gasteiger partial charge in [0.15, 0.2) is 0 Å². The van der Waals surface area contributed by atoms with Crippen molar-refractivity contribution in [2.45, 2.75) is 6.16 Å². The van der Waals surface area contributed by atoms with E-state index < -0.39 is 13.2 Å². The highest BCUT2D eigenvalue weighted by Gasteiger charge is 2.46. The highest BCUT2D eigenvalue weighted by molar-refractivity contribution is 7.95. The zero-order chi connectivity index (χ0) is 22.4. The van der Waals surface area contributed by atoms with E-state index in [1.807, 2.05) is 24.3 Å². The molecular formula is C28H23NO2P+. The van der Waals surface area contributed by atoms with E-state index in [4.69, 9.17) is 4.74 Å². The van der Waals surface area contributed by atoms with Crippen LogP contribution in [0.25, 0.3) is 0 Å². The molecule has 0 N–H and O–H groups in total. The Balaban J connectivity index is 2.02. The first-order valence-electron chi connectivity index (χ1n) is 10.4. The molecule has 0 radical (unpaired) electrons. The largest absolute Gasteiger partial charge is 0.465 e. The van der Waals surface area contributed by atoms with Crippen molar-refractivity contribution in [3.8, 4) is 6.07 Å². The highest BCUT2D eigenvalue weighted by atomic mass is 31.2. The minimum atomic E-state index is -2.17. The molecule has 156 valence electrons. The molecule has 0 fully saturated rings. The van der Waals surface area contributed by atoms with E-state index in [-0.39, 0.29) is 0 Å². The van der Waals surface area contributed by atoms with E-state index in [0.29, 0.717) is 17.3 Å². The fourth-order valence-electron chi connectivity index (χ4n) is 4.11. The highest BCUT2D eigenvalue weighted by Crippen LogP contribution is 2.58. The molecule has 4 aromatic carbocycles. The van der Waals surface area contributed by atoms with E-state index >= 15 is 0 Å². The zero-order valence-corrected chi connectivity index (χ0v) is 18.7. The van der Waals surface area contributed by atoms with Gasteiger partial charge >= 0.3 is 5.97 Å². The lowest BCUT2D eigenvalue weighted by Gasteiger charge is -2.28. The Morgan fingerprint density at radius 1 is 0.781 bits per heavy atom. The molecule has 0 spiro atoms. The number of nitrogens with zero attached hydrogens (tertiary/aromatic N) is 1. The molecule has 0 unspecified atom stereocenters. The molecule has 4 heteroatoms. The topological polar surface area (TPSA) is 50.1 Å². The first kappa shape index (κ1) is 21.5. The van der Waals surface area contributed by atoms with Gasteiger partial charge in [0.05, 0.1) is 30.5 Å². The molecule has 0 aliphatic heterocycles. The lowest BCUT2D eigenvalue weighted by molar-refractivity contribution is 0.0599. The van der Waals surface area contributed by atoms with Gasteiger partial charge in [-0.15, -0.1) is 0 Å². The minimum absolute atomic E-state index is 0.426. The lowest BCUT2D eigenvalue weighted by atomic mass is 10.1. The molecule has 0 bridgehead atoms. The molecule has 32 heavy (non-hydrogen) atoms. The maximum atomic E-state index is 12.7. The molecule has 4 aromatic rings. The maximum absolute atomic E-state index is 12.7. The molecule has 0 saturated carbocycles. The summed E-state index contributed by atoms with van der Waals surface area (Å²) in [5, 5.41) is 13.1. The van der Waals surface area contributed by atoms with Crippen molar-refractivity contribution in [1.29, 1.82) is 5.26 Å². The van der Waals surface area contributed by atoms with E-state index in [9.17, 15) is 10.1 Å². The SMILES string of the molecule is COC(=O)c1cc(C#N)ccc1C[P+](c1ccccc1)(c1ccccc1)c1ccccc1. The van der Waals surface area contributed by atoms with Gasteiger partial charge in [-0.05, 0) is 48.5 Å². The van der Waals surface area contributed by atoms with Gasteiger partial charge in [-0.1, -0.05) is 60.7 Å². The molecule has 0 aromatic heterocycles. The summed E-state index contributed by atoms with van der Waals surface area (Å²) in [5.74, 6) is -0.426. The molecule has 0 amide bonds. The number of ether oxygens (including phenoxy) is 1. The predicted molar refractivity (Wildman–Crippen MR) is 131 cm³/mol. The van der Waals surface area contributed by atoms with E-state index in [1.54, 1.807) is 12.1 Å². The number of methoxy groups -OCH3 is 1. The molecule has 3 nitrogen and oxygen atoms in total. The normalized spacial score (nSPS) is 10.9. The van der Waals surface area contributed by atoms with Gasteiger partial charge in [-0.2, -0.15) is 5.26 Å². The van der Waals surface area contributed by atoms with Crippen molar-refractivity contribution in [1.82, 2.24) is 0 Å². The average Bonchev–Trinajstić information content (AvgIpc) is 2.88. The van der Waals surface area contributed by atoms with Gasteiger partial charge < -0.3 is 4.74 Å². The van der Waals surface area contributed by atoms with Crippen molar-refractivity contribution < 1.29 is 9.53 Å². The number of carbonyl (C=O) groups excluding carboxylic acids is 1. The Kier molecular flexibility index (Phi) is 6.45. The van der Waals surface area contributed by atoms with Crippen molar-refractivity contribution in [3.05, 3.63) is 126 Å². The molecule has 0 aliphatic rings. The Bertz CT molecular complexity index is 1150. The Labute approximate surface area is 189 Å². The summed E-state index contributed by atoms with van der Waals surface area (Å²) in [4.78, 5) is 12.7. The second-order valence-electron chi connectivity index (χ2n) is 7.45. The number of hydrogen-bond donors (Lipinski definition) is 0. The van der Waals surface area contributed by atoms with Gasteiger partial charge in [0.25, 0.3) is 0 Å². The maximum Gasteiger partial charge on any atom is 0.338 e. The number of nitriles is 1. The number of rotatable bonds is 6. The van der Waals surface area contributed by atoms with Crippen LogP contribution in [0.5, 0.6) is 0 Å². The van der Waals surface area contributed by atoms with Gasteiger partial charge in [-0.25, -0.2) is 4.79 Å². The fraction of sp³-hybridized carbons (Fsp3) is 0.0714. The van der Waals surface area contributed by atoms with Crippen LogP contribution in [0.1, 0.15) is 21.5 Å². The van der Waals surface area contributed by atoms with E-state index in [2.05, 4.69) is 78.9 Å². The first-order chi connectivity index (χ1) is 15.7. The second-order valence-corrected chi connectivity index (χ2v) is 10.9. The van der Waals surface area contributed by atoms with Crippen LogP contribution in [0, 0.1) is 11.3 Å². The van der Waals surface area contributed by atoms with Gasteiger partial charge in [0.1, 0.15) is 23.2 Å². The molecular weight excluding hydrogens is 413 g/mol. The number of hydrogen-bond acceptors (Lipinski definition) is 3. The number of carbonyl (C=O) groups is 1. The van der Waals surface area contributed by atoms with Gasteiger partial charge in [0.2, 0.25) is 0 Å². The third-order valence-electron chi connectivity index (χ3n) is 5.64. The van der Waals surface area contributed by atoms with Crippen LogP contribution in [0.15, 0.2) is 109 Å². The van der Waals surface area contributed by atoms with Crippen LogP contribution in [0.3, 0.4) is 0 Å². The van der Waals surface area contributed by atoms with E-state index in [1.165, 1.54) is 23.0 Å². The van der Waals surface area contributed by atoms with Crippen molar-refractivity contribution >= 4 is 29.1 Å². The molecule has 0 atom stereocenters. The van der Waals surface area contributed by atoms with Crippen LogP contribution in [-0.4, -0.2) is 13.1 Å². The Morgan fingerprint density at radius 3 is 1.66 bits per heavy atom. The monoisotopic (exact) mass is 436 g/mol. The summed E-state index contributed by atoms with van der Waals surface area (Å²) in [7, 11) is -0.792. The smallest absolute Gasteiger partial charge is 0.338 e. The summed E-state index contributed by atoms with van der Waals surface area (Å²) < 4.78 is 5.07. The van der Waals surface area contributed by atoms with Crippen LogP contribution >= 0.6 is 7.26 Å². The summed E-state index contributed by atoms with van der Waals surface area (Å²) in [5.41, 5.74) is 1.76. The van der Waals surface area contributed by atoms with E-state index in [0.717, 1.165) is 5.56 Å². The van der Waals surface area contributed by atoms with Crippen molar-refractivity contribution in [3.63, 3.8) is 0 Å². The summed E-state index contributed by atoms with van der Waals surface area (Å²) in [6.45, 7) is 0. The quantitative estimate of drug-likeness (QED) is 0.321. The minimum Gasteiger partial charge on any atom is -0.465 e. The van der Waals surface area contributed by atoms with Crippen molar-refractivity contribution in [2.75, 3.05) is 7.11 Å².